The van der Waals surface area contributed by atoms with Crippen LogP contribution in [0.4, 0.5) is 11.6 Å². The molecule has 0 spiro atoms. The van der Waals surface area contributed by atoms with Crippen LogP contribution in [0.1, 0.15) is 37.4 Å². The Hall–Kier alpha value is -2.50. The van der Waals surface area contributed by atoms with E-state index in [1.54, 1.807) is 12.1 Å². The monoisotopic (exact) mass is 310 g/mol. The minimum Gasteiger partial charge on any atom is -0.368 e. The van der Waals surface area contributed by atoms with Crippen molar-refractivity contribution in [1.29, 1.82) is 0 Å². The van der Waals surface area contributed by atoms with Crippen molar-refractivity contribution in [1.82, 2.24) is 9.97 Å². The third kappa shape index (κ3) is 1.94. The van der Waals surface area contributed by atoms with Gasteiger partial charge in [-0.1, -0.05) is 13.8 Å². The molecule has 1 aromatic heterocycles. The zero-order chi connectivity index (χ0) is 16.4. The number of nitrogens with two attached hydrogens (primary N) is 1. The van der Waals surface area contributed by atoms with E-state index in [0.717, 1.165) is 35.4 Å². The van der Waals surface area contributed by atoms with Crippen molar-refractivity contribution in [2.24, 2.45) is 11.3 Å². The Morgan fingerprint density at radius 3 is 2.57 bits per heavy atom. The molecule has 0 amide bonds. The molecule has 2 aromatic rings. The quantitative estimate of drug-likeness (QED) is 0.678. The van der Waals surface area contributed by atoms with Gasteiger partial charge in [-0.05, 0) is 36.3 Å². The van der Waals surface area contributed by atoms with E-state index in [1.165, 1.54) is 12.1 Å². The Bertz CT molecular complexity index is 814. The number of anilines is 1. The van der Waals surface area contributed by atoms with Crippen molar-refractivity contribution < 1.29 is 4.92 Å². The molecule has 6 nitrogen and oxygen atoms in total. The topological polar surface area (TPSA) is 94.9 Å². The van der Waals surface area contributed by atoms with Gasteiger partial charge in [-0.25, -0.2) is 9.97 Å². The maximum Gasteiger partial charge on any atom is 0.269 e. The van der Waals surface area contributed by atoms with Gasteiger partial charge in [0.25, 0.3) is 5.69 Å². The highest BCUT2D eigenvalue weighted by Crippen LogP contribution is 2.62. The predicted octanol–water partition coefficient (Wildman–Crippen LogP) is 3.32. The Labute approximate surface area is 133 Å². The fraction of sp³-hybridized carbons (Fsp3) is 0.412. The van der Waals surface area contributed by atoms with Crippen molar-refractivity contribution in [3.63, 3.8) is 0 Å². The van der Waals surface area contributed by atoms with Gasteiger partial charge in [0.1, 0.15) is 0 Å². The van der Waals surface area contributed by atoms with Crippen LogP contribution in [-0.2, 0) is 6.42 Å². The Kier molecular flexibility index (Phi) is 2.76. The molecule has 2 N–H and O–H groups in total. The van der Waals surface area contributed by atoms with Crippen LogP contribution in [-0.4, -0.2) is 14.9 Å². The van der Waals surface area contributed by atoms with Crippen LogP contribution in [0.25, 0.3) is 11.3 Å². The number of non-ortho nitro benzene ring substituents is 1. The van der Waals surface area contributed by atoms with Gasteiger partial charge in [0.05, 0.1) is 16.3 Å². The molecule has 1 fully saturated rings. The molecule has 2 bridgehead atoms. The number of hydrogen-bond donors (Lipinski definition) is 1. The van der Waals surface area contributed by atoms with Gasteiger partial charge >= 0.3 is 0 Å². The smallest absolute Gasteiger partial charge is 0.269 e. The van der Waals surface area contributed by atoms with Crippen LogP contribution in [0, 0.1) is 21.4 Å². The molecule has 0 radical (unpaired) electrons. The Balaban J connectivity index is 1.83. The predicted molar refractivity (Wildman–Crippen MR) is 86.9 cm³/mol. The first-order valence-corrected chi connectivity index (χ1v) is 7.79. The van der Waals surface area contributed by atoms with Crippen molar-refractivity contribution in [2.45, 2.75) is 32.6 Å². The van der Waals surface area contributed by atoms with Gasteiger partial charge in [0, 0.05) is 29.2 Å². The lowest BCUT2D eigenvalue weighted by Crippen LogP contribution is -2.48. The van der Waals surface area contributed by atoms with Crippen molar-refractivity contribution >= 4 is 11.6 Å². The third-order valence-corrected chi connectivity index (χ3v) is 5.66. The van der Waals surface area contributed by atoms with Crippen molar-refractivity contribution in [3.05, 3.63) is 45.6 Å². The number of rotatable bonds is 2. The third-order valence-electron chi connectivity index (χ3n) is 5.66. The first kappa shape index (κ1) is 14.1. The molecule has 5 rings (SSSR count). The Morgan fingerprint density at radius 2 is 1.96 bits per heavy atom. The van der Waals surface area contributed by atoms with E-state index in [4.69, 9.17) is 5.73 Å². The zero-order valence-electron chi connectivity index (χ0n) is 13.1. The highest BCUT2D eigenvalue weighted by molar-refractivity contribution is 5.67. The molecule has 1 saturated carbocycles. The summed E-state index contributed by atoms with van der Waals surface area (Å²) < 4.78 is 0. The van der Waals surface area contributed by atoms with E-state index in [2.05, 4.69) is 23.8 Å². The molecule has 2 unspecified atom stereocenters. The zero-order valence-corrected chi connectivity index (χ0v) is 13.1. The SMILES string of the molecule is CC1(C)C2Cc3c(-c4ccc([N+](=O)[O-])cc4)nc(N)nc3C1C2. The molecule has 6 heteroatoms. The number of nitro benzene ring substituents is 1. The molecular weight excluding hydrogens is 292 g/mol. The van der Waals surface area contributed by atoms with Gasteiger partial charge in [-0.15, -0.1) is 0 Å². The molecule has 3 aliphatic rings. The van der Waals surface area contributed by atoms with E-state index in [1.807, 2.05) is 0 Å². The van der Waals surface area contributed by atoms with E-state index in [9.17, 15) is 10.1 Å². The summed E-state index contributed by atoms with van der Waals surface area (Å²) >= 11 is 0. The average Bonchev–Trinajstić information content (AvgIpc) is 2.53. The lowest BCUT2D eigenvalue weighted by atomic mass is 9.48. The number of nitrogen functional groups attached to an aromatic ring is 1. The normalized spacial score (nSPS) is 23.7. The van der Waals surface area contributed by atoms with Crippen LogP contribution in [0.3, 0.4) is 0 Å². The first-order valence-electron chi connectivity index (χ1n) is 7.79. The van der Waals surface area contributed by atoms with Gasteiger partial charge in [0.2, 0.25) is 5.95 Å². The lowest BCUT2D eigenvalue weighted by molar-refractivity contribution is -0.384. The summed E-state index contributed by atoms with van der Waals surface area (Å²) in [4.78, 5) is 19.4. The molecule has 2 atom stereocenters. The summed E-state index contributed by atoms with van der Waals surface area (Å²) in [6.45, 7) is 4.58. The highest BCUT2D eigenvalue weighted by Gasteiger charge is 2.54. The highest BCUT2D eigenvalue weighted by atomic mass is 16.6. The van der Waals surface area contributed by atoms with Gasteiger partial charge in [-0.2, -0.15) is 0 Å². The summed E-state index contributed by atoms with van der Waals surface area (Å²) in [7, 11) is 0. The molecule has 0 aliphatic heterocycles. The minimum absolute atomic E-state index is 0.0774. The lowest BCUT2D eigenvalue weighted by Gasteiger charge is -2.56. The van der Waals surface area contributed by atoms with Crippen molar-refractivity contribution in [2.75, 3.05) is 5.73 Å². The van der Waals surface area contributed by atoms with Gasteiger partial charge in [0.15, 0.2) is 0 Å². The number of aromatic nitrogens is 2. The maximum absolute atomic E-state index is 10.8. The second-order valence-electron chi connectivity index (χ2n) is 7.11. The average molecular weight is 310 g/mol. The molecule has 1 heterocycles. The van der Waals surface area contributed by atoms with Gasteiger partial charge < -0.3 is 5.73 Å². The van der Waals surface area contributed by atoms with Crippen LogP contribution in [0.2, 0.25) is 0 Å². The number of benzene rings is 1. The summed E-state index contributed by atoms with van der Waals surface area (Å²) in [6.07, 6.45) is 2.11. The second kappa shape index (κ2) is 4.50. The molecule has 23 heavy (non-hydrogen) atoms. The summed E-state index contributed by atoms with van der Waals surface area (Å²) in [5, 5.41) is 10.8. The molecule has 118 valence electrons. The van der Waals surface area contributed by atoms with Gasteiger partial charge in [-0.3, -0.25) is 10.1 Å². The number of hydrogen-bond acceptors (Lipinski definition) is 5. The fourth-order valence-electron chi connectivity index (χ4n) is 4.06. The molecular formula is C17H18N4O2. The molecule has 1 aromatic carbocycles. The van der Waals surface area contributed by atoms with E-state index in [0.29, 0.717) is 11.8 Å². The first-order chi connectivity index (χ1) is 10.9. The second-order valence-corrected chi connectivity index (χ2v) is 7.11. The largest absolute Gasteiger partial charge is 0.368 e. The Morgan fingerprint density at radius 1 is 1.26 bits per heavy atom. The van der Waals surface area contributed by atoms with E-state index >= 15 is 0 Å². The van der Waals surface area contributed by atoms with E-state index < -0.39 is 4.92 Å². The fourth-order valence-corrected chi connectivity index (χ4v) is 4.06. The van der Waals surface area contributed by atoms with Crippen LogP contribution < -0.4 is 5.73 Å². The summed E-state index contributed by atoms with van der Waals surface area (Å²) in [5.41, 5.74) is 10.2. The minimum atomic E-state index is -0.398. The molecule has 0 saturated heterocycles. The number of nitrogens with zero attached hydrogens (tertiary/aromatic N) is 3. The van der Waals surface area contributed by atoms with Crippen LogP contribution in [0.15, 0.2) is 24.3 Å². The maximum atomic E-state index is 10.8. The summed E-state index contributed by atoms with van der Waals surface area (Å²) in [6, 6.07) is 6.50. The standard InChI is InChI=1S/C17H18N4O2/c1-17(2)10-7-12-14(9-3-5-11(6-4-9)21(22)23)19-16(18)20-15(12)13(17)8-10/h3-6,10,13H,7-8H2,1-2H3,(H2,18,19,20). The molecule has 3 aliphatic carbocycles. The van der Waals surface area contributed by atoms with E-state index in [-0.39, 0.29) is 17.1 Å². The summed E-state index contributed by atoms with van der Waals surface area (Å²) in [5.74, 6) is 1.35. The van der Waals surface area contributed by atoms with Crippen LogP contribution in [0.5, 0.6) is 0 Å². The number of nitro groups is 1. The van der Waals surface area contributed by atoms with Crippen LogP contribution >= 0.6 is 0 Å². The van der Waals surface area contributed by atoms with Crippen molar-refractivity contribution in [3.8, 4) is 11.3 Å².